The molecule has 0 radical (unpaired) electrons. The van der Waals surface area contributed by atoms with E-state index in [2.05, 4.69) is 25.8 Å². The summed E-state index contributed by atoms with van der Waals surface area (Å²) in [6, 6.07) is 3.58. The third kappa shape index (κ3) is 1.72. The Morgan fingerprint density at radius 3 is 2.70 bits per heavy atom. The van der Waals surface area contributed by atoms with Gasteiger partial charge in [-0.25, -0.2) is 4.98 Å². The molecule has 108 valence electrons. The summed E-state index contributed by atoms with van der Waals surface area (Å²) in [5.74, 6) is 1.25. The minimum Gasteiger partial charge on any atom is -0.473 e. The van der Waals surface area contributed by atoms with Crippen LogP contribution in [0.1, 0.15) is 57.3 Å². The zero-order chi connectivity index (χ0) is 14.5. The fourth-order valence-electron chi connectivity index (χ4n) is 4.20. The monoisotopic (exact) mass is 273 g/mol. The number of nitrogens with zero attached hydrogens (tertiary/aromatic N) is 1. The highest BCUT2D eigenvalue weighted by Gasteiger charge is 2.62. The van der Waals surface area contributed by atoms with E-state index in [4.69, 9.17) is 4.74 Å². The molecular weight excluding hydrogens is 250 g/mol. The lowest BCUT2D eigenvalue weighted by Crippen LogP contribution is -2.39. The van der Waals surface area contributed by atoms with Crippen molar-refractivity contribution in [1.29, 1.82) is 0 Å². The third-order valence-corrected chi connectivity index (χ3v) is 6.12. The van der Waals surface area contributed by atoms with Gasteiger partial charge in [-0.2, -0.15) is 0 Å². The van der Waals surface area contributed by atoms with Gasteiger partial charge in [0.2, 0.25) is 5.88 Å². The number of carbonyl (C=O) groups excluding carboxylic acids is 1. The van der Waals surface area contributed by atoms with Crippen LogP contribution in [0.5, 0.6) is 5.88 Å². The van der Waals surface area contributed by atoms with E-state index in [0.29, 0.717) is 16.9 Å². The van der Waals surface area contributed by atoms with Gasteiger partial charge in [0.1, 0.15) is 6.10 Å². The molecule has 2 saturated carbocycles. The first-order chi connectivity index (χ1) is 9.36. The summed E-state index contributed by atoms with van der Waals surface area (Å²) in [6.45, 7) is 8.62. The second-order valence-corrected chi connectivity index (χ2v) is 7.13. The maximum absolute atomic E-state index is 11.7. The van der Waals surface area contributed by atoms with Crippen molar-refractivity contribution >= 4 is 5.78 Å². The largest absolute Gasteiger partial charge is 0.473 e. The third-order valence-electron chi connectivity index (χ3n) is 6.12. The quantitative estimate of drug-likeness (QED) is 0.785. The smallest absolute Gasteiger partial charge is 0.224 e. The van der Waals surface area contributed by atoms with Crippen LogP contribution in [-0.4, -0.2) is 16.9 Å². The van der Waals surface area contributed by atoms with Crippen molar-refractivity contribution in [2.24, 2.45) is 16.7 Å². The molecule has 1 heterocycles. The maximum Gasteiger partial charge on any atom is 0.224 e. The van der Waals surface area contributed by atoms with Crippen LogP contribution in [0.25, 0.3) is 0 Å². The van der Waals surface area contributed by atoms with Gasteiger partial charge in [-0.3, -0.25) is 4.79 Å². The highest BCUT2D eigenvalue weighted by molar-refractivity contribution is 5.96. The molecule has 0 saturated heterocycles. The first-order valence-electron chi connectivity index (χ1n) is 7.49. The van der Waals surface area contributed by atoms with Gasteiger partial charge in [0, 0.05) is 11.6 Å². The number of carbonyl (C=O) groups is 1. The van der Waals surface area contributed by atoms with E-state index in [9.17, 15) is 4.79 Å². The van der Waals surface area contributed by atoms with Gasteiger partial charge in [-0.15, -0.1) is 0 Å². The lowest BCUT2D eigenvalue weighted by Gasteiger charge is -2.38. The topological polar surface area (TPSA) is 39.2 Å². The number of pyridine rings is 1. The highest BCUT2D eigenvalue weighted by atomic mass is 16.5. The van der Waals surface area contributed by atoms with Crippen LogP contribution in [0.15, 0.2) is 18.3 Å². The van der Waals surface area contributed by atoms with Crippen molar-refractivity contribution in [3.63, 3.8) is 0 Å². The predicted octanol–water partition coefficient (Wildman–Crippen LogP) is 3.88. The predicted molar refractivity (Wildman–Crippen MR) is 77.9 cm³/mol. The Morgan fingerprint density at radius 2 is 2.15 bits per heavy atom. The second-order valence-electron chi connectivity index (χ2n) is 7.13. The SMILES string of the molecule is CC(=O)c1cccnc1OC1CC2CCC1(C)C2(C)C. The van der Waals surface area contributed by atoms with E-state index in [-0.39, 0.29) is 17.3 Å². The summed E-state index contributed by atoms with van der Waals surface area (Å²) >= 11 is 0. The van der Waals surface area contributed by atoms with E-state index in [0.717, 1.165) is 12.3 Å². The molecule has 2 aliphatic carbocycles. The molecule has 2 bridgehead atoms. The van der Waals surface area contributed by atoms with Crippen molar-refractivity contribution in [1.82, 2.24) is 4.98 Å². The van der Waals surface area contributed by atoms with Gasteiger partial charge in [0.25, 0.3) is 0 Å². The van der Waals surface area contributed by atoms with Crippen molar-refractivity contribution in [2.75, 3.05) is 0 Å². The molecule has 3 unspecified atom stereocenters. The Balaban J connectivity index is 1.89. The van der Waals surface area contributed by atoms with Crippen molar-refractivity contribution in [2.45, 2.75) is 53.1 Å². The lowest BCUT2D eigenvalue weighted by molar-refractivity contribution is 0.0267. The van der Waals surface area contributed by atoms with Gasteiger partial charge in [-0.1, -0.05) is 20.8 Å². The lowest BCUT2D eigenvalue weighted by atomic mass is 9.70. The van der Waals surface area contributed by atoms with Crippen molar-refractivity contribution in [3.8, 4) is 5.88 Å². The van der Waals surface area contributed by atoms with E-state index in [1.165, 1.54) is 12.8 Å². The molecule has 2 fully saturated rings. The molecule has 3 nitrogen and oxygen atoms in total. The van der Waals surface area contributed by atoms with Crippen LogP contribution in [0.2, 0.25) is 0 Å². The molecule has 0 N–H and O–H groups in total. The Morgan fingerprint density at radius 1 is 1.40 bits per heavy atom. The molecule has 1 aromatic rings. The molecule has 0 spiro atoms. The van der Waals surface area contributed by atoms with E-state index >= 15 is 0 Å². The van der Waals surface area contributed by atoms with Gasteiger partial charge >= 0.3 is 0 Å². The summed E-state index contributed by atoms with van der Waals surface area (Å²) in [6.07, 6.45) is 5.45. The fourth-order valence-corrected chi connectivity index (χ4v) is 4.20. The number of Topliss-reactive ketones (excluding diaryl/α,β-unsaturated/α-hetero) is 1. The van der Waals surface area contributed by atoms with Crippen LogP contribution in [0.3, 0.4) is 0 Å². The van der Waals surface area contributed by atoms with Gasteiger partial charge in [0.05, 0.1) is 5.56 Å². The number of hydrogen-bond donors (Lipinski definition) is 0. The van der Waals surface area contributed by atoms with Crippen LogP contribution in [-0.2, 0) is 0 Å². The number of hydrogen-bond acceptors (Lipinski definition) is 3. The number of fused-ring (bicyclic) bond motifs is 2. The standard InChI is InChI=1S/C17H23NO2/c1-11(19)13-6-5-9-18-15(13)20-14-10-12-7-8-17(14,4)16(12,2)3/h5-6,9,12,14H,7-8,10H2,1-4H3. The molecule has 0 aliphatic heterocycles. The van der Waals surface area contributed by atoms with Crippen LogP contribution >= 0.6 is 0 Å². The van der Waals surface area contributed by atoms with Crippen LogP contribution in [0.4, 0.5) is 0 Å². The summed E-state index contributed by atoms with van der Waals surface area (Å²) in [4.78, 5) is 16.0. The zero-order valence-corrected chi connectivity index (χ0v) is 12.8. The van der Waals surface area contributed by atoms with Crippen molar-refractivity contribution < 1.29 is 9.53 Å². The highest BCUT2D eigenvalue weighted by Crippen LogP contribution is 2.66. The summed E-state index contributed by atoms with van der Waals surface area (Å²) in [5, 5.41) is 0. The first kappa shape index (κ1) is 13.6. The Hall–Kier alpha value is -1.38. The van der Waals surface area contributed by atoms with E-state index in [1.54, 1.807) is 25.3 Å². The molecule has 20 heavy (non-hydrogen) atoms. The Kier molecular flexibility index (Phi) is 2.93. The Bertz CT molecular complexity index is 552. The molecule has 2 aliphatic rings. The minimum absolute atomic E-state index is 0.0145. The second kappa shape index (κ2) is 4.31. The zero-order valence-electron chi connectivity index (χ0n) is 12.8. The van der Waals surface area contributed by atoms with Crippen molar-refractivity contribution in [3.05, 3.63) is 23.9 Å². The fraction of sp³-hybridized carbons (Fsp3) is 0.647. The van der Waals surface area contributed by atoms with Crippen LogP contribution in [0, 0.1) is 16.7 Å². The van der Waals surface area contributed by atoms with Gasteiger partial charge in [-0.05, 0) is 49.7 Å². The maximum atomic E-state index is 11.7. The normalized spacial score (nSPS) is 34.2. The molecule has 1 aromatic heterocycles. The summed E-state index contributed by atoms with van der Waals surface area (Å²) in [7, 11) is 0. The Labute approximate surface area is 120 Å². The summed E-state index contributed by atoms with van der Waals surface area (Å²) in [5.41, 5.74) is 1.09. The number of ether oxygens (including phenoxy) is 1. The molecular formula is C17H23NO2. The number of ketones is 1. The average molecular weight is 273 g/mol. The van der Waals surface area contributed by atoms with Crippen LogP contribution < -0.4 is 4.74 Å². The minimum atomic E-state index is 0.0145. The first-order valence-corrected chi connectivity index (χ1v) is 7.49. The van der Waals surface area contributed by atoms with Gasteiger partial charge in [0.15, 0.2) is 5.78 Å². The molecule has 3 atom stereocenters. The number of aromatic nitrogens is 1. The number of rotatable bonds is 3. The average Bonchev–Trinajstić information content (AvgIpc) is 2.72. The van der Waals surface area contributed by atoms with Gasteiger partial charge < -0.3 is 4.74 Å². The summed E-state index contributed by atoms with van der Waals surface area (Å²) < 4.78 is 6.21. The van der Waals surface area contributed by atoms with E-state index in [1.807, 2.05) is 0 Å². The molecule has 0 amide bonds. The molecule has 0 aromatic carbocycles. The molecule has 3 rings (SSSR count). The van der Waals surface area contributed by atoms with E-state index < -0.39 is 0 Å². The molecule has 3 heteroatoms.